The molecule has 2 unspecified atom stereocenters. The van der Waals surface area contributed by atoms with Crippen LogP contribution in [-0.2, 0) is 9.47 Å². The summed E-state index contributed by atoms with van der Waals surface area (Å²) in [4.78, 5) is 18.8. The van der Waals surface area contributed by atoms with Crippen LogP contribution in [0.1, 0.15) is 6.42 Å². The van der Waals surface area contributed by atoms with Gasteiger partial charge in [-0.05, 0) is 6.42 Å². The van der Waals surface area contributed by atoms with Crippen LogP contribution >= 0.6 is 0 Å². The molecular formula is C18H21N5O2. The number of hydrogen-bond donors (Lipinski definition) is 0. The average Bonchev–Trinajstić information content (AvgIpc) is 3.33. The van der Waals surface area contributed by atoms with Gasteiger partial charge in [0.25, 0.3) is 0 Å². The van der Waals surface area contributed by atoms with E-state index in [9.17, 15) is 0 Å². The lowest BCUT2D eigenvalue weighted by Gasteiger charge is -2.30. The van der Waals surface area contributed by atoms with E-state index in [1.54, 1.807) is 0 Å². The van der Waals surface area contributed by atoms with Gasteiger partial charge in [-0.15, -0.1) is 0 Å². The summed E-state index contributed by atoms with van der Waals surface area (Å²) in [5.74, 6) is 2.25. The molecule has 3 saturated heterocycles. The smallest absolute Gasteiger partial charge is 0.231 e. The molecule has 2 aromatic rings. The van der Waals surface area contributed by atoms with Crippen LogP contribution in [0.2, 0.25) is 0 Å². The zero-order valence-corrected chi connectivity index (χ0v) is 14.0. The molecule has 25 heavy (non-hydrogen) atoms. The number of nitrogens with zero attached hydrogens (tertiary/aromatic N) is 5. The van der Waals surface area contributed by atoms with Crippen LogP contribution in [0.3, 0.4) is 0 Å². The Hall–Kier alpha value is -2.25. The maximum Gasteiger partial charge on any atom is 0.231 e. The van der Waals surface area contributed by atoms with E-state index in [4.69, 9.17) is 24.4 Å². The fraction of sp³-hybridized carbons (Fsp3) is 0.500. The van der Waals surface area contributed by atoms with Gasteiger partial charge in [-0.25, -0.2) is 0 Å². The second-order valence-corrected chi connectivity index (χ2v) is 6.72. The van der Waals surface area contributed by atoms with E-state index >= 15 is 0 Å². The van der Waals surface area contributed by atoms with E-state index in [1.807, 2.05) is 30.3 Å². The quantitative estimate of drug-likeness (QED) is 0.836. The molecule has 0 radical (unpaired) electrons. The van der Waals surface area contributed by atoms with E-state index in [-0.39, 0.29) is 0 Å². The van der Waals surface area contributed by atoms with Gasteiger partial charge in [0.1, 0.15) is 0 Å². The highest BCUT2D eigenvalue weighted by Crippen LogP contribution is 2.32. The van der Waals surface area contributed by atoms with Crippen LogP contribution in [0, 0.1) is 0 Å². The molecule has 0 N–H and O–H groups in total. The Morgan fingerprint density at radius 2 is 1.76 bits per heavy atom. The number of rotatable bonds is 3. The van der Waals surface area contributed by atoms with Crippen molar-refractivity contribution in [2.45, 2.75) is 18.6 Å². The van der Waals surface area contributed by atoms with Gasteiger partial charge in [-0.1, -0.05) is 30.3 Å². The normalized spacial score (nSPS) is 25.6. The maximum atomic E-state index is 5.73. The van der Waals surface area contributed by atoms with Crippen molar-refractivity contribution < 1.29 is 9.47 Å². The van der Waals surface area contributed by atoms with Gasteiger partial charge in [0.05, 0.1) is 32.0 Å². The largest absolute Gasteiger partial charge is 0.378 e. The Labute approximate surface area is 146 Å². The SMILES string of the molecule is c1ccc(-c2nc(N3CCOCC3)nc(N3CC4CC3CO4)n2)cc1. The Kier molecular flexibility index (Phi) is 3.75. The molecule has 130 valence electrons. The monoisotopic (exact) mass is 339 g/mol. The third kappa shape index (κ3) is 2.83. The first kappa shape index (κ1) is 15.0. The van der Waals surface area contributed by atoms with E-state index < -0.39 is 0 Å². The van der Waals surface area contributed by atoms with Gasteiger partial charge in [0.15, 0.2) is 5.82 Å². The number of ether oxygens (including phenoxy) is 2. The Morgan fingerprint density at radius 1 is 0.960 bits per heavy atom. The standard InChI is InChI=1S/C18H21N5O2/c1-2-4-13(5-3-1)16-19-17(22-6-8-24-9-7-22)21-18(20-16)23-11-15-10-14(23)12-25-15/h1-5,14-15H,6-12H2. The second-order valence-electron chi connectivity index (χ2n) is 6.72. The fourth-order valence-electron chi connectivity index (χ4n) is 3.75. The van der Waals surface area contributed by atoms with E-state index in [2.05, 4.69) is 9.80 Å². The van der Waals surface area contributed by atoms with Gasteiger partial charge >= 0.3 is 0 Å². The number of morpholine rings is 2. The van der Waals surface area contributed by atoms with Crippen LogP contribution < -0.4 is 9.80 Å². The summed E-state index contributed by atoms with van der Waals surface area (Å²) in [5, 5.41) is 0. The van der Waals surface area contributed by atoms with Gasteiger partial charge in [0.2, 0.25) is 11.9 Å². The van der Waals surface area contributed by atoms with Crippen LogP contribution in [0.5, 0.6) is 0 Å². The summed E-state index contributed by atoms with van der Waals surface area (Å²) in [6, 6.07) is 10.5. The molecule has 0 aliphatic carbocycles. The van der Waals surface area contributed by atoms with Crippen LogP contribution in [0.15, 0.2) is 30.3 Å². The molecule has 7 heteroatoms. The number of hydrogen-bond acceptors (Lipinski definition) is 7. The van der Waals surface area contributed by atoms with Crippen molar-refractivity contribution in [1.29, 1.82) is 0 Å². The van der Waals surface area contributed by atoms with Crippen molar-refractivity contribution in [3.05, 3.63) is 30.3 Å². The average molecular weight is 339 g/mol. The summed E-state index contributed by atoms with van der Waals surface area (Å²) in [6.07, 6.45) is 1.38. The van der Waals surface area contributed by atoms with E-state index in [1.165, 1.54) is 0 Å². The minimum absolute atomic E-state index is 0.314. The predicted octanol–water partition coefficient (Wildman–Crippen LogP) is 1.35. The maximum absolute atomic E-state index is 5.73. The number of anilines is 2. The molecule has 4 heterocycles. The summed E-state index contributed by atoms with van der Waals surface area (Å²) in [5.41, 5.74) is 1.02. The summed E-state index contributed by atoms with van der Waals surface area (Å²) >= 11 is 0. The molecular weight excluding hydrogens is 318 g/mol. The lowest BCUT2D eigenvalue weighted by Crippen LogP contribution is -2.40. The van der Waals surface area contributed by atoms with Crippen molar-refractivity contribution in [2.75, 3.05) is 49.3 Å². The molecule has 2 atom stereocenters. The molecule has 7 nitrogen and oxygen atoms in total. The number of benzene rings is 1. The third-order valence-electron chi connectivity index (χ3n) is 5.09. The predicted molar refractivity (Wildman–Crippen MR) is 93.8 cm³/mol. The van der Waals surface area contributed by atoms with Crippen molar-refractivity contribution in [1.82, 2.24) is 15.0 Å². The van der Waals surface area contributed by atoms with Crippen LogP contribution in [-0.4, -0.2) is 66.6 Å². The summed E-state index contributed by atoms with van der Waals surface area (Å²) in [6.45, 7) is 4.68. The highest BCUT2D eigenvalue weighted by molar-refractivity contribution is 5.59. The first-order valence-corrected chi connectivity index (χ1v) is 8.89. The molecule has 3 aliphatic rings. The van der Waals surface area contributed by atoms with Gasteiger partial charge in [-0.3, -0.25) is 0 Å². The minimum Gasteiger partial charge on any atom is -0.378 e. The summed E-state index contributed by atoms with van der Waals surface area (Å²) in [7, 11) is 0. The van der Waals surface area contributed by atoms with Crippen molar-refractivity contribution >= 4 is 11.9 Å². The summed E-state index contributed by atoms with van der Waals surface area (Å²) < 4.78 is 11.2. The molecule has 3 aliphatic heterocycles. The van der Waals surface area contributed by atoms with Gasteiger partial charge in [-0.2, -0.15) is 15.0 Å². The first-order valence-electron chi connectivity index (χ1n) is 8.89. The third-order valence-corrected chi connectivity index (χ3v) is 5.09. The molecule has 0 amide bonds. The molecule has 1 aromatic heterocycles. The van der Waals surface area contributed by atoms with E-state index in [0.29, 0.717) is 25.4 Å². The lowest BCUT2D eigenvalue weighted by atomic mass is 10.2. The second kappa shape index (κ2) is 6.24. The Morgan fingerprint density at radius 3 is 2.48 bits per heavy atom. The van der Waals surface area contributed by atoms with Gasteiger partial charge < -0.3 is 19.3 Å². The Bertz CT molecular complexity index is 750. The van der Waals surface area contributed by atoms with Gasteiger partial charge in [0, 0.05) is 25.2 Å². The zero-order valence-electron chi connectivity index (χ0n) is 14.0. The number of aromatic nitrogens is 3. The molecule has 3 fully saturated rings. The zero-order chi connectivity index (χ0) is 16.6. The molecule has 5 rings (SSSR count). The van der Waals surface area contributed by atoms with Crippen molar-refractivity contribution in [3.8, 4) is 11.4 Å². The van der Waals surface area contributed by atoms with Crippen molar-refractivity contribution in [3.63, 3.8) is 0 Å². The molecule has 0 saturated carbocycles. The lowest BCUT2D eigenvalue weighted by molar-refractivity contribution is 0.0986. The van der Waals surface area contributed by atoms with E-state index in [0.717, 1.165) is 55.9 Å². The minimum atomic E-state index is 0.314. The van der Waals surface area contributed by atoms with Crippen LogP contribution in [0.25, 0.3) is 11.4 Å². The van der Waals surface area contributed by atoms with Crippen molar-refractivity contribution in [2.24, 2.45) is 0 Å². The first-order chi connectivity index (χ1) is 12.4. The molecule has 2 bridgehead atoms. The Balaban J connectivity index is 1.55. The highest BCUT2D eigenvalue weighted by Gasteiger charge is 2.40. The topological polar surface area (TPSA) is 63.6 Å². The molecule has 0 spiro atoms. The molecule has 1 aromatic carbocycles. The fourth-order valence-corrected chi connectivity index (χ4v) is 3.75. The van der Waals surface area contributed by atoms with Crippen LogP contribution in [0.4, 0.5) is 11.9 Å². The number of fused-ring (bicyclic) bond motifs is 2. The highest BCUT2D eigenvalue weighted by atomic mass is 16.5.